The second-order valence-corrected chi connectivity index (χ2v) is 6.20. The monoisotopic (exact) mass is 321 g/mol. The zero-order chi connectivity index (χ0) is 16.9. The van der Waals surface area contributed by atoms with Crippen molar-refractivity contribution in [3.8, 4) is 5.75 Å². The van der Waals surface area contributed by atoms with E-state index in [1.54, 1.807) is 7.11 Å². The summed E-state index contributed by atoms with van der Waals surface area (Å²) in [6.07, 6.45) is 3.55. The third-order valence-corrected chi connectivity index (χ3v) is 4.42. The Balaban J connectivity index is 1.99. The van der Waals surface area contributed by atoms with E-state index in [9.17, 15) is 4.79 Å². The van der Waals surface area contributed by atoms with Crippen molar-refractivity contribution >= 4 is 17.2 Å². The van der Waals surface area contributed by atoms with Crippen molar-refractivity contribution in [2.75, 3.05) is 12.4 Å². The van der Waals surface area contributed by atoms with Gasteiger partial charge in [-0.3, -0.25) is 4.79 Å². The molecule has 0 spiro atoms. The van der Waals surface area contributed by atoms with Gasteiger partial charge in [0.15, 0.2) is 5.78 Å². The highest BCUT2D eigenvalue weighted by Gasteiger charge is 2.20. The maximum atomic E-state index is 12.4. The standard InChI is InChI=1S/C21H23NO2/c1-15-7-9-16(10-8-15)21(19-5-3-4-6-20(19)23)22-17-11-13-18(24-2)14-12-17/h7-14,22H,3-6H2,1-2H3. The lowest BCUT2D eigenvalue weighted by molar-refractivity contribution is -0.116. The third kappa shape index (κ3) is 3.67. The normalized spacial score (nSPS) is 16.7. The fourth-order valence-electron chi connectivity index (χ4n) is 3.00. The molecule has 1 fully saturated rings. The Morgan fingerprint density at radius 2 is 1.62 bits per heavy atom. The summed E-state index contributed by atoms with van der Waals surface area (Å²) in [6.45, 7) is 2.07. The van der Waals surface area contributed by atoms with E-state index in [1.165, 1.54) is 5.56 Å². The van der Waals surface area contributed by atoms with Crippen molar-refractivity contribution < 1.29 is 9.53 Å². The molecule has 1 N–H and O–H groups in total. The maximum Gasteiger partial charge on any atom is 0.160 e. The summed E-state index contributed by atoms with van der Waals surface area (Å²) in [5.74, 6) is 1.08. The van der Waals surface area contributed by atoms with Gasteiger partial charge in [0.1, 0.15) is 5.75 Å². The Kier molecular flexibility index (Phi) is 4.99. The number of carbonyl (C=O) groups is 1. The molecule has 1 saturated carbocycles. The second-order valence-electron chi connectivity index (χ2n) is 6.20. The number of Topliss-reactive ketones (excluding diaryl/α,β-unsaturated/α-hetero) is 1. The van der Waals surface area contributed by atoms with Crippen molar-refractivity contribution in [3.63, 3.8) is 0 Å². The van der Waals surface area contributed by atoms with Gasteiger partial charge in [-0.05, 0) is 56.0 Å². The Bertz CT molecular complexity index is 742. The first-order valence-corrected chi connectivity index (χ1v) is 8.42. The fourth-order valence-corrected chi connectivity index (χ4v) is 3.00. The summed E-state index contributed by atoms with van der Waals surface area (Å²) in [4.78, 5) is 12.4. The highest BCUT2D eigenvalue weighted by molar-refractivity contribution is 6.05. The summed E-state index contributed by atoms with van der Waals surface area (Å²) in [5, 5.41) is 3.47. The summed E-state index contributed by atoms with van der Waals surface area (Å²) >= 11 is 0. The molecule has 2 aromatic rings. The van der Waals surface area contributed by atoms with Crippen LogP contribution in [0.1, 0.15) is 36.8 Å². The van der Waals surface area contributed by atoms with Gasteiger partial charge in [-0.15, -0.1) is 0 Å². The van der Waals surface area contributed by atoms with E-state index < -0.39 is 0 Å². The number of ether oxygens (including phenoxy) is 1. The molecule has 3 rings (SSSR count). The topological polar surface area (TPSA) is 38.3 Å². The lowest BCUT2D eigenvalue weighted by Crippen LogP contribution is -2.14. The number of ketones is 1. The van der Waals surface area contributed by atoms with Crippen LogP contribution in [-0.2, 0) is 4.79 Å². The summed E-state index contributed by atoms with van der Waals surface area (Å²) in [5.41, 5.74) is 5.08. The molecule has 3 nitrogen and oxygen atoms in total. The number of benzene rings is 2. The molecule has 3 heteroatoms. The number of aryl methyl sites for hydroxylation is 1. The van der Waals surface area contributed by atoms with Crippen LogP contribution in [0, 0.1) is 6.92 Å². The molecule has 0 bridgehead atoms. The minimum atomic E-state index is 0.262. The average molecular weight is 321 g/mol. The predicted octanol–water partition coefficient (Wildman–Crippen LogP) is 4.97. The molecular weight excluding hydrogens is 298 g/mol. The number of allylic oxidation sites excluding steroid dienone is 1. The first-order chi connectivity index (χ1) is 11.7. The number of anilines is 1. The smallest absolute Gasteiger partial charge is 0.160 e. The van der Waals surface area contributed by atoms with E-state index in [-0.39, 0.29) is 5.78 Å². The molecule has 0 amide bonds. The first-order valence-electron chi connectivity index (χ1n) is 8.42. The van der Waals surface area contributed by atoms with Gasteiger partial charge in [-0.2, -0.15) is 0 Å². The number of methoxy groups -OCH3 is 1. The van der Waals surface area contributed by atoms with Gasteiger partial charge < -0.3 is 10.1 Å². The van der Waals surface area contributed by atoms with Gasteiger partial charge >= 0.3 is 0 Å². The highest BCUT2D eigenvalue weighted by atomic mass is 16.5. The largest absolute Gasteiger partial charge is 0.497 e. The average Bonchev–Trinajstić information content (AvgIpc) is 2.62. The van der Waals surface area contributed by atoms with Crippen molar-refractivity contribution in [3.05, 3.63) is 65.2 Å². The zero-order valence-corrected chi connectivity index (χ0v) is 14.3. The minimum absolute atomic E-state index is 0.262. The molecule has 0 atom stereocenters. The fraction of sp³-hybridized carbons (Fsp3) is 0.286. The molecule has 0 aromatic heterocycles. The van der Waals surface area contributed by atoms with Crippen molar-refractivity contribution in [1.82, 2.24) is 0 Å². The van der Waals surface area contributed by atoms with Crippen LogP contribution in [0.15, 0.2) is 54.1 Å². The predicted molar refractivity (Wildman–Crippen MR) is 98.2 cm³/mol. The summed E-state index contributed by atoms with van der Waals surface area (Å²) < 4.78 is 5.21. The molecule has 124 valence electrons. The number of hydrogen-bond acceptors (Lipinski definition) is 3. The van der Waals surface area contributed by atoms with E-state index in [0.717, 1.165) is 47.5 Å². The maximum absolute atomic E-state index is 12.4. The Labute approximate surface area is 143 Å². The number of nitrogens with one attached hydrogen (secondary N) is 1. The van der Waals surface area contributed by atoms with Crippen LogP contribution in [0.25, 0.3) is 5.70 Å². The minimum Gasteiger partial charge on any atom is -0.497 e. The van der Waals surface area contributed by atoms with E-state index in [0.29, 0.717) is 6.42 Å². The number of rotatable bonds is 4. The van der Waals surface area contributed by atoms with E-state index in [1.807, 2.05) is 24.3 Å². The molecule has 1 aliphatic rings. The lowest BCUT2D eigenvalue weighted by atomic mass is 9.90. The van der Waals surface area contributed by atoms with Gasteiger partial charge in [0.05, 0.1) is 12.8 Å². The van der Waals surface area contributed by atoms with Crippen molar-refractivity contribution in [2.24, 2.45) is 0 Å². The number of hydrogen-bond donors (Lipinski definition) is 1. The van der Waals surface area contributed by atoms with Gasteiger partial charge in [0.25, 0.3) is 0 Å². The zero-order valence-electron chi connectivity index (χ0n) is 14.3. The van der Waals surface area contributed by atoms with Gasteiger partial charge in [-0.25, -0.2) is 0 Å². The molecule has 0 radical (unpaired) electrons. The van der Waals surface area contributed by atoms with Crippen LogP contribution in [0.2, 0.25) is 0 Å². The van der Waals surface area contributed by atoms with Crippen LogP contribution >= 0.6 is 0 Å². The van der Waals surface area contributed by atoms with Gasteiger partial charge in [0.2, 0.25) is 0 Å². The van der Waals surface area contributed by atoms with Crippen LogP contribution in [0.3, 0.4) is 0 Å². The Morgan fingerprint density at radius 1 is 0.958 bits per heavy atom. The summed E-state index contributed by atoms with van der Waals surface area (Å²) in [7, 11) is 1.66. The molecule has 24 heavy (non-hydrogen) atoms. The third-order valence-electron chi connectivity index (χ3n) is 4.42. The van der Waals surface area contributed by atoms with E-state index in [4.69, 9.17) is 4.74 Å². The van der Waals surface area contributed by atoms with E-state index in [2.05, 4.69) is 36.5 Å². The highest BCUT2D eigenvalue weighted by Crippen LogP contribution is 2.30. The van der Waals surface area contributed by atoms with Gasteiger partial charge in [0, 0.05) is 17.7 Å². The molecular formula is C21H23NO2. The molecule has 0 heterocycles. The molecule has 0 aliphatic heterocycles. The molecule has 1 aliphatic carbocycles. The molecule has 0 unspecified atom stereocenters. The SMILES string of the molecule is COc1ccc(NC(=C2CCCCC2=O)c2ccc(C)cc2)cc1. The number of carbonyl (C=O) groups excluding carboxylic acids is 1. The Morgan fingerprint density at radius 3 is 2.25 bits per heavy atom. The van der Waals surface area contributed by atoms with Crippen molar-refractivity contribution in [1.29, 1.82) is 0 Å². The Hall–Kier alpha value is -2.55. The molecule has 2 aromatic carbocycles. The lowest BCUT2D eigenvalue weighted by Gasteiger charge is -2.20. The quantitative estimate of drug-likeness (QED) is 0.808. The molecule has 0 saturated heterocycles. The second kappa shape index (κ2) is 7.35. The van der Waals surface area contributed by atoms with E-state index >= 15 is 0 Å². The van der Waals surface area contributed by atoms with Crippen LogP contribution in [-0.4, -0.2) is 12.9 Å². The van der Waals surface area contributed by atoms with Crippen LogP contribution < -0.4 is 10.1 Å². The first kappa shape index (κ1) is 16.3. The van der Waals surface area contributed by atoms with Crippen molar-refractivity contribution in [2.45, 2.75) is 32.6 Å². The van der Waals surface area contributed by atoms with Crippen LogP contribution in [0.4, 0.5) is 5.69 Å². The van der Waals surface area contributed by atoms with Crippen LogP contribution in [0.5, 0.6) is 5.75 Å². The summed E-state index contributed by atoms with van der Waals surface area (Å²) in [6, 6.07) is 16.1. The van der Waals surface area contributed by atoms with Gasteiger partial charge in [-0.1, -0.05) is 29.8 Å².